The average Bonchev–Trinajstić information content (AvgIpc) is 2.15. The van der Waals surface area contributed by atoms with Crippen LogP contribution in [-0.4, -0.2) is 19.1 Å². The maximum atomic E-state index is 13.9. The highest BCUT2D eigenvalue weighted by atomic mass is 19.1. The molecular weight excluding hydrogens is 203 g/mol. The summed E-state index contributed by atoms with van der Waals surface area (Å²) < 4.78 is 13.9. The Morgan fingerprint density at radius 3 is 2.75 bits per heavy atom. The molecule has 2 rings (SSSR count). The van der Waals surface area contributed by atoms with Crippen LogP contribution in [0.5, 0.6) is 0 Å². The van der Waals surface area contributed by atoms with Crippen LogP contribution in [0.25, 0.3) is 0 Å². The van der Waals surface area contributed by atoms with Gasteiger partial charge in [-0.3, -0.25) is 0 Å². The minimum absolute atomic E-state index is 0.119. The molecule has 3 heteroatoms. The Kier molecular flexibility index (Phi) is 3.15. The third-order valence-corrected chi connectivity index (χ3v) is 3.17. The van der Waals surface area contributed by atoms with Gasteiger partial charge < -0.3 is 10.6 Å². The molecule has 1 aliphatic heterocycles. The van der Waals surface area contributed by atoms with E-state index >= 15 is 0 Å². The zero-order valence-electron chi connectivity index (χ0n) is 9.96. The summed E-state index contributed by atoms with van der Waals surface area (Å²) >= 11 is 0. The van der Waals surface area contributed by atoms with E-state index in [0.717, 1.165) is 42.7 Å². The van der Waals surface area contributed by atoms with E-state index in [1.165, 1.54) is 0 Å². The number of hydrogen-bond donors (Lipinski definition) is 1. The number of hydrogen-bond acceptors (Lipinski definition) is 2. The molecule has 1 unspecified atom stereocenters. The van der Waals surface area contributed by atoms with Crippen molar-refractivity contribution >= 4 is 5.69 Å². The van der Waals surface area contributed by atoms with Crippen molar-refractivity contribution in [2.24, 2.45) is 5.73 Å². The van der Waals surface area contributed by atoms with Gasteiger partial charge >= 0.3 is 0 Å². The van der Waals surface area contributed by atoms with Gasteiger partial charge in [-0.2, -0.15) is 0 Å². The zero-order chi connectivity index (χ0) is 11.7. The van der Waals surface area contributed by atoms with Crippen LogP contribution in [0.3, 0.4) is 0 Å². The molecule has 0 spiro atoms. The second-order valence-electron chi connectivity index (χ2n) is 4.76. The van der Waals surface area contributed by atoms with Gasteiger partial charge in [-0.1, -0.05) is 6.07 Å². The lowest BCUT2D eigenvalue weighted by atomic mass is 10.0. The number of benzene rings is 1. The summed E-state index contributed by atoms with van der Waals surface area (Å²) in [6.45, 7) is 5.56. The predicted octanol–water partition coefficient (Wildman–Crippen LogP) is 2.37. The molecule has 1 saturated heterocycles. The van der Waals surface area contributed by atoms with E-state index < -0.39 is 0 Å². The maximum Gasteiger partial charge on any atom is 0.147 e. The molecule has 16 heavy (non-hydrogen) atoms. The SMILES string of the molecule is Cc1cc(C)c(N2CCCC(N)C2)c(F)c1. The summed E-state index contributed by atoms with van der Waals surface area (Å²) in [5.41, 5.74) is 8.64. The van der Waals surface area contributed by atoms with Crippen LogP contribution < -0.4 is 10.6 Å². The third kappa shape index (κ3) is 2.19. The van der Waals surface area contributed by atoms with Crippen LogP contribution in [-0.2, 0) is 0 Å². The van der Waals surface area contributed by atoms with Crippen LogP contribution in [0.2, 0.25) is 0 Å². The summed E-state index contributed by atoms with van der Waals surface area (Å²) in [6.07, 6.45) is 2.09. The van der Waals surface area contributed by atoms with Gasteiger partial charge in [0.05, 0.1) is 5.69 Å². The van der Waals surface area contributed by atoms with Crippen molar-refractivity contribution in [2.45, 2.75) is 32.7 Å². The first-order valence-electron chi connectivity index (χ1n) is 5.85. The van der Waals surface area contributed by atoms with Crippen molar-refractivity contribution in [1.29, 1.82) is 0 Å². The van der Waals surface area contributed by atoms with Gasteiger partial charge in [0, 0.05) is 19.1 Å². The number of nitrogens with zero attached hydrogens (tertiary/aromatic N) is 1. The first-order chi connectivity index (χ1) is 7.58. The van der Waals surface area contributed by atoms with E-state index in [9.17, 15) is 4.39 Å². The average molecular weight is 222 g/mol. The van der Waals surface area contributed by atoms with Gasteiger partial charge in [-0.15, -0.1) is 0 Å². The van der Waals surface area contributed by atoms with Gasteiger partial charge in [0.15, 0.2) is 0 Å². The number of anilines is 1. The fraction of sp³-hybridized carbons (Fsp3) is 0.538. The first-order valence-corrected chi connectivity index (χ1v) is 5.85. The fourth-order valence-electron chi connectivity index (χ4n) is 2.52. The Bertz CT molecular complexity index is 367. The molecule has 0 aromatic heterocycles. The minimum Gasteiger partial charge on any atom is -0.367 e. The minimum atomic E-state index is -0.119. The van der Waals surface area contributed by atoms with Crippen molar-refractivity contribution in [3.05, 3.63) is 29.1 Å². The second kappa shape index (κ2) is 4.42. The molecule has 1 atom stereocenters. The normalized spacial score (nSPS) is 21.2. The number of halogens is 1. The Hall–Kier alpha value is -1.09. The van der Waals surface area contributed by atoms with Gasteiger partial charge in [0.25, 0.3) is 0 Å². The Morgan fingerprint density at radius 1 is 1.38 bits per heavy atom. The molecule has 2 nitrogen and oxygen atoms in total. The predicted molar refractivity (Wildman–Crippen MR) is 65.3 cm³/mol. The smallest absolute Gasteiger partial charge is 0.147 e. The van der Waals surface area contributed by atoms with Crippen molar-refractivity contribution in [3.8, 4) is 0 Å². The molecular formula is C13H19FN2. The summed E-state index contributed by atoms with van der Waals surface area (Å²) in [7, 11) is 0. The van der Waals surface area contributed by atoms with E-state index in [1.54, 1.807) is 6.07 Å². The molecule has 0 aliphatic carbocycles. The molecule has 1 aliphatic rings. The van der Waals surface area contributed by atoms with Crippen molar-refractivity contribution < 1.29 is 4.39 Å². The summed E-state index contributed by atoms with van der Waals surface area (Å²) in [5, 5.41) is 0. The lowest BCUT2D eigenvalue weighted by Crippen LogP contribution is -2.43. The van der Waals surface area contributed by atoms with Crippen molar-refractivity contribution in [1.82, 2.24) is 0 Å². The van der Waals surface area contributed by atoms with Crippen molar-refractivity contribution in [2.75, 3.05) is 18.0 Å². The van der Waals surface area contributed by atoms with Crippen LogP contribution in [0.4, 0.5) is 10.1 Å². The molecule has 2 N–H and O–H groups in total. The Labute approximate surface area is 96.2 Å². The molecule has 0 radical (unpaired) electrons. The molecule has 1 aromatic carbocycles. The molecule has 0 saturated carbocycles. The molecule has 1 heterocycles. The second-order valence-corrected chi connectivity index (χ2v) is 4.76. The van der Waals surface area contributed by atoms with E-state index in [1.807, 2.05) is 19.9 Å². The number of piperidine rings is 1. The summed E-state index contributed by atoms with van der Waals surface area (Å²) in [6, 6.07) is 3.80. The molecule has 1 fully saturated rings. The van der Waals surface area contributed by atoms with Crippen LogP contribution in [0.1, 0.15) is 24.0 Å². The monoisotopic (exact) mass is 222 g/mol. The van der Waals surface area contributed by atoms with Gasteiger partial charge in [-0.25, -0.2) is 4.39 Å². The van der Waals surface area contributed by atoms with Gasteiger partial charge in [0.2, 0.25) is 0 Å². The third-order valence-electron chi connectivity index (χ3n) is 3.17. The first kappa shape index (κ1) is 11.4. The molecule has 0 bridgehead atoms. The lowest BCUT2D eigenvalue weighted by molar-refractivity contribution is 0.497. The van der Waals surface area contributed by atoms with E-state index in [4.69, 9.17) is 5.73 Å². The Morgan fingerprint density at radius 2 is 2.12 bits per heavy atom. The topological polar surface area (TPSA) is 29.3 Å². The summed E-state index contributed by atoms with van der Waals surface area (Å²) in [5.74, 6) is -0.119. The molecule has 1 aromatic rings. The number of nitrogens with two attached hydrogens (primary N) is 1. The van der Waals surface area contributed by atoms with Crippen molar-refractivity contribution in [3.63, 3.8) is 0 Å². The number of rotatable bonds is 1. The zero-order valence-corrected chi connectivity index (χ0v) is 9.96. The van der Waals surface area contributed by atoms with Gasteiger partial charge in [-0.05, 0) is 43.9 Å². The van der Waals surface area contributed by atoms with Crippen LogP contribution >= 0.6 is 0 Å². The fourth-order valence-corrected chi connectivity index (χ4v) is 2.52. The highest BCUT2D eigenvalue weighted by molar-refractivity contribution is 5.56. The van der Waals surface area contributed by atoms with E-state index in [2.05, 4.69) is 4.90 Å². The highest BCUT2D eigenvalue weighted by Gasteiger charge is 2.21. The maximum absolute atomic E-state index is 13.9. The highest BCUT2D eigenvalue weighted by Crippen LogP contribution is 2.27. The Balaban J connectivity index is 2.32. The lowest BCUT2D eigenvalue weighted by Gasteiger charge is -2.34. The quantitative estimate of drug-likeness (QED) is 0.790. The van der Waals surface area contributed by atoms with Crippen LogP contribution in [0, 0.1) is 19.7 Å². The van der Waals surface area contributed by atoms with E-state index in [-0.39, 0.29) is 11.9 Å². The molecule has 88 valence electrons. The van der Waals surface area contributed by atoms with Crippen LogP contribution in [0.15, 0.2) is 12.1 Å². The largest absolute Gasteiger partial charge is 0.367 e. The van der Waals surface area contributed by atoms with Gasteiger partial charge in [0.1, 0.15) is 5.82 Å². The standard InChI is InChI=1S/C13H19FN2/c1-9-6-10(2)13(12(14)7-9)16-5-3-4-11(15)8-16/h6-7,11H,3-5,8,15H2,1-2H3. The molecule has 0 amide bonds. The summed E-state index contributed by atoms with van der Waals surface area (Å²) in [4.78, 5) is 2.08. The van der Waals surface area contributed by atoms with E-state index in [0.29, 0.717) is 0 Å². The number of aryl methyl sites for hydroxylation is 2.